The molecule has 0 fully saturated rings. The molecule has 0 amide bonds. The normalized spacial score (nSPS) is 11.4. The van der Waals surface area contributed by atoms with Crippen molar-refractivity contribution < 1.29 is 14.3 Å². The van der Waals surface area contributed by atoms with Gasteiger partial charge in [-0.2, -0.15) is 0 Å². The average Bonchev–Trinajstić information content (AvgIpc) is 2.56. The van der Waals surface area contributed by atoms with E-state index >= 15 is 0 Å². The fourth-order valence-electron chi connectivity index (χ4n) is 2.34. The molecule has 0 saturated heterocycles. The molecule has 0 atom stereocenters. The molecule has 0 aliphatic carbocycles. The van der Waals surface area contributed by atoms with Crippen LogP contribution < -0.4 is 0 Å². The Morgan fingerprint density at radius 2 is 1.38 bits per heavy atom. The summed E-state index contributed by atoms with van der Waals surface area (Å²) in [4.78, 5) is 22.0. The number of esters is 1. The van der Waals surface area contributed by atoms with Crippen molar-refractivity contribution >= 4 is 11.8 Å². The topological polar surface area (TPSA) is 43.4 Å². The summed E-state index contributed by atoms with van der Waals surface area (Å²) in [5, 5.41) is 0. The molecule has 0 aromatic carbocycles. The zero-order chi connectivity index (χ0) is 17.9. The number of ether oxygens (including phenoxy) is 1. The van der Waals surface area contributed by atoms with Crippen molar-refractivity contribution in [2.45, 2.75) is 90.9 Å². The number of carbonyl (C=O) groups is 2. The largest absolute Gasteiger partial charge is 0.458 e. The first kappa shape index (κ1) is 22.6. The highest BCUT2D eigenvalue weighted by Crippen LogP contribution is 2.08. The summed E-state index contributed by atoms with van der Waals surface area (Å²) >= 11 is 0. The van der Waals surface area contributed by atoms with Gasteiger partial charge in [0.05, 0.1) is 0 Å². The maximum Gasteiger partial charge on any atom is 0.306 e. The van der Waals surface area contributed by atoms with Gasteiger partial charge >= 0.3 is 5.97 Å². The van der Waals surface area contributed by atoms with Crippen molar-refractivity contribution in [2.75, 3.05) is 6.61 Å². The molecule has 138 valence electrons. The van der Waals surface area contributed by atoms with Crippen LogP contribution in [0, 0.1) is 0 Å². The Morgan fingerprint density at radius 1 is 0.792 bits per heavy atom. The first-order chi connectivity index (χ1) is 11.7. The highest BCUT2D eigenvalue weighted by Gasteiger charge is 2.03. The van der Waals surface area contributed by atoms with Crippen LogP contribution in [0.2, 0.25) is 0 Å². The second-order valence-electron chi connectivity index (χ2n) is 6.34. The van der Waals surface area contributed by atoms with Crippen LogP contribution in [0.15, 0.2) is 24.3 Å². The van der Waals surface area contributed by atoms with Crippen molar-refractivity contribution in [3.8, 4) is 0 Å². The van der Waals surface area contributed by atoms with Gasteiger partial charge in [0.1, 0.15) is 6.61 Å². The van der Waals surface area contributed by atoms with Gasteiger partial charge in [-0.1, -0.05) is 63.3 Å². The van der Waals surface area contributed by atoms with E-state index in [1.54, 1.807) is 0 Å². The van der Waals surface area contributed by atoms with E-state index in [9.17, 15) is 9.59 Å². The lowest BCUT2D eigenvalue weighted by Gasteiger charge is -2.02. The van der Waals surface area contributed by atoms with Crippen LogP contribution in [0.25, 0.3) is 0 Å². The van der Waals surface area contributed by atoms with Crippen molar-refractivity contribution in [3.63, 3.8) is 0 Å². The second-order valence-corrected chi connectivity index (χ2v) is 6.34. The van der Waals surface area contributed by atoms with Crippen LogP contribution in [0.4, 0.5) is 0 Å². The molecule has 0 spiro atoms. The minimum Gasteiger partial charge on any atom is -0.458 e. The molecule has 0 rings (SSSR count). The average molecular weight is 337 g/mol. The predicted molar refractivity (Wildman–Crippen MR) is 101 cm³/mol. The Hall–Kier alpha value is -1.38. The Morgan fingerprint density at radius 3 is 2.00 bits per heavy atom. The van der Waals surface area contributed by atoms with Crippen LogP contribution in [0.3, 0.4) is 0 Å². The SMILES string of the molecule is CCCCC/C=C\C/C=C\CCCCCCCC(=O)OCC(C)=O. The van der Waals surface area contributed by atoms with Gasteiger partial charge in [-0.3, -0.25) is 9.59 Å². The second kappa shape index (κ2) is 18.0. The lowest BCUT2D eigenvalue weighted by Crippen LogP contribution is -2.10. The molecule has 0 radical (unpaired) electrons. The monoisotopic (exact) mass is 336 g/mol. The van der Waals surface area contributed by atoms with Gasteiger partial charge in [0, 0.05) is 6.42 Å². The van der Waals surface area contributed by atoms with Crippen LogP contribution in [-0.2, 0) is 14.3 Å². The third-order valence-corrected chi connectivity index (χ3v) is 3.77. The van der Waals surface area contributed by atoms with Gasteiger partial charge in [0.2, 0.25) is 0 Å². The third kappa shape index (κ3) is 18.7. The summed E-state index contributed by atoms with van der Waals surface area (Å²) < 4.78 is 4.82. The van der Waals surface area contributed by atoms with E-state index in [-0.39, 0.29) is 18.4 Å². The summed E-state index contributed by atoms with van der Waals surface area (Å²) in [5.74, 6) is -0.362. The number of carbonyl (C=O) groups excluding carboxylic acids is 2. The number of rotatable bonds is 16. The maximum atomic E-state index is 11.3. The minimum absolute atomic E-state index is 0.0842. The van der Waals surface area contributed by atoms with Crippen LogP contribution in [-0.4, -0.2) is 18.4 Å². The first-order valence-corrected chi connectivity index (χ1v) is 9.61. The fraction of sp³-hybridized carbons (Fsp3) is 0.714. The standard InChI is InChI=1S/C21H36O3/c1-3-4-5-6-7-8-9-10-11-12-13-14-15-16-17-18-21(23)24-19-20(2)22/h7-8,10-11H,3-6,9,12-19H2,1-2H3/b8-7-,11-10-. The van der Waals surface area contributed by atoms with E-state index in [1.807, 2.05) is 0 Å². The minimum atomic E-state index is -0.254. The zero-order valence-corrected chi connectivity index (χ0v) is 15.7. The molecule has 0 aliphatic rings. The molecule has 0 unspecified atom stereocenters. The van der Waals surface area contributed by atoms with Gasteiger partial charge in [0.25, 0.3) is 0 Å². The zero-order valence-electron chi connectivity index (χ0n) is 15.7. The van der Waals surface area contributed by atoms with E-state index in [4.69, 9.17) is 4.74 Å². The van der Waals surface area contributed by atoms with E-state index in [2.05, 4.69) is 31.2 Å². The number of hydrogen-bond acceptors (Lipinski definition) is 3. The number of allylic oxidation sites excluding steroid dienone is 4. The van der Waals surface area contributed by atoms with E-state index < -0.39 is 0 Å². The van der Waals surface area contributed by atoms with Gasteiger partial charge in [-0.15, -0.1) is 0 Å². The van der Waals surface area contributed by atoms with Gasteiger partial charge in [-0.25, -0.2) is 0 Å². The molecular formula is C21H36O3. The molecule has 0 aromatic heterocycles. The molecule has 0 bridgehead atoms. The van der Waals surface area contributed by atoms with Crippen LogP contribution >= 0.6 is 0 Å². The third-order valence-electron chi connectivity index (χ3n) is 3.77. The maximum absolute atomic E-state index is 11.3. The quantitative estimate of drug-likeness (QED) is 0.199. The summed E-state index contributed by atoms with van der Waals surface area (Å²) in [5.41, 5.74) is 0. The molecule has 0 saturated carbocycles. The Balaban J connectivity index is 3.28. The van der Waals surface area contributed by atoms with Crippen molar-refractivity contribution in [2.24, 2.45) is 0 Å². The summed E-state index contributed by atoms with van der Waals surface area (Å²) in [6, 6.07) is 0. The predicted octanol–water partition coefficient (Wildman–Crippen LogP) is 5.93. The van der Waals surface area contributed by atoms with E-state index in [1.165, 1.54) is 45.4 Å². The van der Waals surface area contributed by atoms with Gasteiger partial charge < -0.3 is 4.74 Å². The number of hydrogen-bond donors (Lipinski definition) is 0. The molecule has 0 N–H and O–H groups in total. The number of unbranched alkanes of at least 4 members (excludes halogenated alkanes) is 8. The smallest absolute Gasteiger partial charge is 0.306 e. The summed E-state index contributed by atoms with van der Waals surface area (Å²) in [7, 11) is 0. The molecule has 3 heteroatoms. The Labute approximate surface area is 148 Å². The summed E-state index contributed by atoms with van der Waals surface area (Å²) in [6.45, 7) is 3.57. The molecular weight excluding hydrogens is 300 g/mol. The van der Waals surface area contributed by atoms with Crippen molar-refractivity contribution in [1.82, 2.24) is 0 Å². The summed E-state index contributed by atoms with van der Waals surface area (Å²) in [6.07, 6.45) is 22.3. The highest BCUT2D eigenvalue weighted by atomic mass is 16.5. The fourth-order valence-corrected chi connectivity index (χ4v) is 2.34. The Bertz CT molecular complexity index is 369. The van der Waals surface area contributed by atoms with Crippen molar-refractivity contribution in [3.05, 3.63) is 24.3 Å². The lowest BCUT2D eigenvalue weighted by atomic mass is 10.1. The molecule has 0 heterocycles. The Kier molecular flexibility index (Phi) is 16.9. The number of Topliss-reactive ketones (excluding diaryl/α,β-unsaturated/α-hetero) is 1. The lowest BCUT2D eigenvalue weighted by molar-refractivity contribution is -0.147. The molecule has 24 heavy (non-hydrogen) atoms. The van der Waals surface area contributed by atoms with Gasteiger partial charge in [0.15, 0.2) is 5.78 Å². The van der Waals surface area contributed by atoms with Crippen LogP contribution in [0.5, 0.6) is 0 Å². The van der Waals surface area contributed by atoms with Gasteiger partial charge in [-0.05, 0) is 45.4 Å². The first-order valence-electron chi connectivity index (χ1n) is 9.61. The van der Waals surface area contributed by atoms with Crippen molar-refractivity contribution in [1.29, 1.82) is 0 Å². The molecule has 0 aromatic rings. The van der Waals surface area contributed by atoms with E-state index in [0.29, 0.717) is 6.42 Å². The highest BCUT2D eigenvalue weighted by molar-refractivity contribution is 5.80. The molecule has 0 aliphatic heterocycles. The van der Waals surface area contributed by atoms with E-state index in [0.717, 1.165) is 32.1 Å². The molecule has 3 nitrogen and oxygen atoms in total. The van der Waals surface area contributed by atoms with Crippen LogP contribution in [0.1, 0.15) is 90.9 Å². The number of ketones is 1.